The molecular weight excluding hydrogens is 256 g/mol. The zero-order valence-corrected chi connectivity index (χ0v) is 13.7. The molecule has 0 bridgehead atoms. The van der Waals surface area contributed by atoms with Crippen LogP contribution >= 0.6 is 0 Å². The van der Waals surface area contributed by atoms with E-state index >= 15 is 0 Å². The third-order valence-corrected chi connectivity index (χ3v) is 2.35. The fourth-order valence-electron chi connectivity index (χ4n) is 1.19. The molecule has 0 aromatic rings. The summed E-state index contributed by atoms with van der Waals surface area (Å²) in [4.78, 5) is 21.3. The van der Waals surface area contributed by atoms with Gasteiger partial charge in [0.25, 0.3) is 0 Å². The fourth-order valence-corrected chi connectivity index (χ4v) is 1.19. The van der Waals surface area contributed by atoms with Crippen molar-refractivity contribution in [1.29, 1.82) is 0 Å². The van der Waals surface area contributed by atoms with Crippen molar-refractivity contribution in [1.82, 2.24) is 0 Å². The number of carbonyl (C=O) groups is 2. The first-order valence-corrected chi connectivity index (χ1v) is 6.87. The van der Waals surface area contributed by atoms with Crippen molar-refractivity contribution >= 4 is 11.9 Å². The molecule has 20 heavy (non-hydrogen) atoms. The molecule has 116 valence electrons. The number of hydrogen-bond acceptors (Lipinski definition) is 3. The Labute approximate surface area is 122 Å². The second kappa shape index (κ2) is 11.3. The average Bonchev–Trinajstić information content (AvgIpc) is 2.34. The molecule has 0 radical (unpaired) electrons. The minimum atomic E-state index is -0.795. The molecule has 0 rings (SSSR count). The molecule has 0 saturated heterocycles. The molecule has 4 heteroatoms. The van der Waals surface area contributed by atoms with E-state index in [1.54, 1.807) is 26.0 Å². The van der Waals surface area contributed by atoms with Crippen molar-refractivity contribution in [3.05, 3.63) is 23.3 Å². The zero-order chi connectivity index (χ0) is 16.3. The second-order valence-electron chi connectivity index (χ2n) is 5.14. The summed E-state index contributed by atoms with van der Waals surface area (Å²) >= 11 is 0. The Morgan fingerprint density at radius 2 is 1.60 bits per heavy atom. The van der Waals surface area contributed by atoms with Crippen molar-refractivity contribution < 1.29 is 19.4 Å². The van der Waals surface area contributed by atoms with E-state index in [1.807, 2.05) is 34.6 Å². The van der Waals surface area contributed by atoms with Gasteiger partial charge in [-0.15, -0.1) is 0 Å². The van der Waals surface area contributed by atoms with Crippen LogP contribution in [0.2, 0.25) is 0 Å². The molecule has 0 unspecified atom stereocenters. The van der Waals surface area contributed by atoms with Gasteiger partial charge in [-0.05, 0) is 47.0 Å². The number of esters is 1. The van der Waals surface area contributed by atoms with Crippen LogP contribution in [0.5, 0.6) is 0 Å². The van der Waals surface area contributed by atoms with Crippen LogP contribution in [0.4, 0.5) is 0 Å². The summed E-state index contributed by atoms with van der Waals surface area (Å²) in [6.45, 7) is 13.0. The van der Waals surface area contributed by atoms with Crippen molar-refractivity contribution in [2.75, 3.05) is 0 Å². The number of aliphatic carboxylic acids is 1. The highest BCUT2D eigenvalue weighted by Gasteiger charge is 2.07. The molecule has 0 aromatic carbocycles. The van der Waals surface area contributed by atoms with Gasteiger partial charge < -0.3 is 9.84 Å². The summed E-state index contributed by atoms with van der Waals surface area (Å²) in [5, 5.41) is 8.55. The maximum atomic E-state index is 10.9. The van der Waals surface area contributed by atoms with E-state index in [0.29, 0.717) is 23.5 Å². The molecule has 0 aromatic heterocycles. The molecule has 4 nitrogen and oxygen atoms in total. The van der Waals surface area contributed by atoms with E-state index in [2.05, 4.69) is 0 Å². The number of carboxylic acid groups (broad SMARTS) is 1. The predicted octanol–water partition coefficient (Wildman–Crippen LogP) is 3.97. The van der Waals surface area contributed by atoms with Crippen LogP contribution in [-0.4, -0.2) is 23.1 Å². The van der Waals surface area contributed by atoms with Gasteiger partial charge in [-0.25, -0.2) is 9.59 Å². The smallest absolute Gasteiger partial charge is 0.333 e. The molecule has 0 atom stereocenters. The molecule has 0 aliphatic carbocycles. The van der Waals surface area contributed by atoms with Crippen molar-refractivity contribution in [2.45, 2.75) is 61.0 Å². The molecule has 0 fully saturated rings. The monoisotopic (exact) mass is 284 g/mol. The van der Waals surface area contributed by atoms with Crippen LogP contribution in [0.25, 0.3) is 0 Å². The lowest BCUT2D eigenvalue weighted by atomic mass is 10.0. The van der Waals surface area contributed by atoms with Crippen molar-refractivity contribution in [3.63, 3.8) is 0 Å². The van der Waals surface area contributed by atoms with Crippen LogP contribution in [0.1, 0.15) is 54.9 Å². The summed E-state index contributed by atoms with van der Waals surface area (Å²) in [5.41, 5.74) is 1.17. The normalized spacial score (nSPS) is 12.1. The lowest BCUT2D eigenvalue weighted by Crippen LogP contribution is -2.11. The van der Waals surface area contributed by atoms with Crippen LogP contribution in [0, 0.1) is 5.92 Å². The lowest BCUT2D eigenvalue weighted by Gasteiger charge is -2.06. The number of carboxylic acids is 1. The van der Waals surface area contributed by atoms with E-state index in [4.69, 9.17) is 9.84 Å². The Bertz CT molecular complexity index is 363. The highest BCUT2D eigenvalue weighted by atomic mass is 16.5. The highest BCUT2D eigenvalue weighted by Crippen LogP contribution is 2.09. The Balaban J connectivity index is 0. The third-order valence-electron chi connectivity index (χ3n) is 2.35. The Kier molecular flexibility index (Phi) is 11.7. The van der Waals surface area contributed by atoms with Gasteiger partial charge in [-0.2, -0.15) is 0 Å². The standard InChI is InChI=1S/2C8H14O2/c1-5-7(4)8(9)10-6(2)3;1-4-7(8(9)10)5-6(2)3/h5-6H,1-4H3;4,6H,5H2,1-3H3,(H,9,10)/b;7-4+. The summed E-state index contributed by atoms with van der Waals surface area (Å²) in [6.07, 6.45) is 4.03. The molecule has 0 aliphatic rings. The van der Waals surface area contributed by atoms with Gasteiger partial charge in [0, 0.05) is 11.1 Å². The predicted molar refractivity (Wildman–Crippen MR) is 81.5 cm³/mol. The van der Waals surface area contributed by atoms with E-state index < -0.39 is 5.97 Å². The molecular formula is C16H28O4. The fraction of sp³-hybridized carbons (Fsp3) is 0.625. The average molecular weight is 284 g/mol. The third kappa shape index (κ3) is 11.5. The van der Waals surface area contributed by atoms with Crippen LogP contribution in [-0.2, 0) is 14.3 Å². The first-order valence-electron chi connectivity index (χ1n) is 6.87. The largest absolute Gasteiger partial charge is 0.478 e. The molecule has 0 heterocycles. The van der Waals surface area contributed by atoms with Crippen LogP contribution in [0.15, 0.2) is 23.3 Å². The summed E-state index contributed by atoms with van der Waals surface area (Å²) in [7, 11) is 0. The Hall–Kier alpha value is -1.58. The first-order chi connectivity index (χ1) is 9.15. The van der Waals surface area contributed by atoms with Gasteiger partial charge in [0.15, 0.2) is 0 Å². The van der Waals surface area contributed by atoms with Gasteiger partial charge in [-0.1, -0.05) is 26.0 Å². The lowest BCUT2D eigenvalue weighted by molar-refractivity contribution is -0.142. The van der Waals surface area contributed by atoms with E-state index in [-0.39, 0.29) is 12.1 Å². The second-order valence-corrected chi connectivity index (χ2v) is 5.14. The molecule has 0 saturated carbocycles. The number of hydrogen-bond donors (Lipinski definition) is 1. The molecule has 1 N–H and O–H groups in total. The summed E-state index contributed by atoms with van der Waals surface area (Å²) in [5.74, 6) is -0.601. The van der Waals surface area contributed by atoms with E-state index in [0.717, 1.165) is 0 Å². The number of allylic oxidation sites excluding steroid dienone is 2. The maximum Gasteiger partial charge on any atom is 0.333 e. The zero-order valence-electron chi connectivity index (χ0n) is 13.7. The van der Waals surface area contributed by atoms with E-state index in [1.165, 1.54) is 0 Å². The molecule has 0 amide bonds. The van der Waals surface area contributed by atoms with Gasteiger partial charge >= 0.3 is 11.9 Å². The minimum absolute atomic E-state index is 0.0256. The first kappa shape index (κ1) is 20.7. The Morgan fingerprint density at radius 3 is 1.80 bits per heavy atom. The topological polar surface area (TPSA) is 63.6 Å². The summed E-state index contributed by atoms with van der Waals surface area (Å²) < 4.78 is 4.90. The summed E-state index contributed by atoms with van der Waals surface area (Å²) in [6, 6.07) is 0. The number of ether oxygens (including phenoxy) is 1. The van der Waals surface area contributed by atoms with Crippen LogP contribution < -0.4 is 0 Å². The molecule has 0 aliphatic heterocycles. The Morgan fingerprint density at radius 1 is 1.10 bits per heavy atom. The minimum Gasteiger partial charge on any atom is -0.478 e. The SMILES string of the molecule is C/C=C(\CC(C)C)C(=O)O.CC=C(C)C(=O)OC(C)C. The number of rotatable bonds is 5. The quantitative estimate of drug-likeness (QED) is 0.613. The molecule has 0 spiro atoms. The highest BCUT2D eigenvalue weighted by molar-refractivity contribution is 5.87. The van der Waals surface area contributed by atoms with Gasteiger partial charge in [0.05, 0.1) is 6.10 Å². The van der Waals surface area contributed by atoms with E-state index in [9.17, 15) is 9.59 Å². The van der Waals surface area contributed by atoms with Crippen molar-refractivity contribution in [3.8, 4) is 0 Å². The maximum absolute atomic E-state index is 10.9. The van der Waals surface area contributed by atoms with Crippen molar-refractivity contribution in [2.24, 2.45) is 5.92 Å². The van der Waals surface area contributed by atoms with Gasteiger partial charge in [-0.3, -0.25) is 0 Å². The van der Waals surface area contributed by atoms with Crippen LogP contribution in [0.3, 0.4) is 0 Å². The van der Waals surface area contributed by atoms with Gasteiger partial charge in [0.2, 0.25) is 0 Å². The van der Waals surface area contributed by atoms with Gasteiger partial charge in [0.1, 0.15) is 0 Å². The number of carbonyl (C=O) groups excluding carboxylic acids is 1.